The monoisotopic (exact) mass is 504 g/mol. The molecule has 178 valence electrons. The predicted molar refractivity (Wildman–Crippen MR) is 142 cm³/mol. The molecule has 2 aromatic carbocycles. The summed E-state index contributed by atoms with van der Waals surface area (Å²) in [7, 11) is 0. The van der Waals surface area contributed by atoms with Crippen LogP contribution >= 0.6 is 24.0 Å². The zero-order chi connectivity index (χ0) is 24.5. The van der Waals surface area contributed by atoms with E-state index < -0.39 is 0 Å². The van der Waals surface area contributed by atoms with Gasteiger partial charge in [-0.1, -0.05) is 60.3 Å². The topological polar surface area (TPSA) is 101 Å². The Kier molecular flexibility index (Phi) is 8.42. The summed E-state index contributed by atoms with van der Waals surface area (Å²) in [5, 5.41) is 4.36. The second kappa shape index (κ2) is 12.1. The molecule has 0 fully saturated rings. The normalized spacial score (nSPS) is 10.6. The zero-order valence-electron chi connectivity index (χ0n) is 18.8. The summed E-state index contributed by atoms with van der Waals surface area (Å²) in [4.78, 5) is 34.6. The second-order valence-corrected chi connectivity index (χ2v) is 8.92. The van der Waals surface area contributed by atoms with Gasteiger partial charge in [-0.05, 0) is 42.0 Å². The van der Waals surface area contributed by atoms with E-state index in [1.807, 2.05) is 60.7 Å². The van der Waals surface area contributed by atoms with Crippen molar-refractivity contribution in [2.45, 2.75) is 24.7 Å². The Labute approximate surface area is 212 Å². The quantitative estimate of drug-likeness (QED) is 0.146. The number of benzene rings is 2. The van der Waals surface area contributed by atoms with E-state index in [1.54, 1.807) is 22.9 Å². The van der Waals surface area contributed by atoms with Crippen LogP contribution in [0.5, 0.6) is 0 Å². The Balaban J connectivity index is 1.37. The number of para-hydroxylation sites is 1. The summed E-state index contributed by atoms with van der Waals surface area (Å²) >= 11 is 6.41. The fourth-order valence-corrected chi connectivity index (χ4v) is 4.29. The number of aromatic nitrogens is 3. The summed E-state index contributed by atoms with van der Waals surface area (Å²) in [6.45, 7) is 0.949. The number of carbonyl (C=O) groups is 1. The molecule has 2 heterocycles. The van der Waals surface area contributed by atoms with Crippen molar-refractivity contribution >= 4 is 45.9 Å². The number of hydrazine groups is 1. The van der Waals surface area contributed by atoms with Crippen LogP contribution in [0.3, 0.4) is 0 Å². The maximum Gasteiger partial charge on any atom is 0.262 e. The van der Waals surface area contributed by atoms with E-state index in [-0.39, 0.29) is 17.2 Å². The maximum absolute atomic E-state index is 13.2. The average molecular weight is 505 g/mol. The van der Waals surface area contributed by atoms with Crippen molar-refractivity contribution in [3.05, 3.63) is 101 Å². The Bertz CT molecular complexity index is 1360. The largest absolute Gasteiger partial charge is 0.357 e. The summed E-state index contributed by atoms with van der Waals surface area (Å²) < 4.78 is 1.61. The van der Waals surface area contributed by atoms with Crippen LogP contribution in [0.1, 0.15) is 11.3 Å². The van der Waals surface area contributed by atoms with Crippen molar-refractivity contribution < 1.29 is 4.79 Å². The number of carbonyl (C=O) groups excluding carboxylic acids is 1. The van der Waals surface area contributed by atoms with Crippen molar-refractivity contribution in [1.29, 1.82) is 0 Å². The number of hydrogen-bond donors (Lipinski definition) is 3. The molecule has 8 nitrogen and oxygen atoms in total. The zero-order valence-corrected chi connectivity index (χ0v) is 20.4. The minimum atomic E-state index is -0.294. The van der Waals surface area contributed by atoms with Gasteiger partial charge in [-0.25, -0.2) is 4.98 Å². The van der Waals surface area contributed by atoms with Crippen LogP contribution in [0.15, 0.2) is 88.9 Å². The first-order valence-electron chi connectivity index (χ1n) is 11.0. The maximum atomic E-state index is 13.2. The van der Waals surface area contributed by atoms with Crippen molar-refractivity contribution in [2.75, 3.05) is 5.75 Å². The van der Waals surface area contributed by atoms with Crippen LogP contribution in [-0.2, 0) is 24.3 Å². The molecule has 0 saturated carbocycles. The molecule has 0 saturated heterocycles. The molecule has 0 bridgehead atoms. The number of nitrogens with one attached hydrogen (secondary N) is 3. The van der Waals surface area contributed by atoms with Crippen molar-refractivity contribution in [1.82, 2.24) is 30.7 Å². The fraction of sp³-hybridized carbons (Fsp3) is 0.160. The number of amides is 1. The first kappa shape index (κ1) is 24.4. The molecule has 4 rings (SSSR count). The molecule has 0 atom stereocenters. The van der Waals surface area contributed by atoms with E-state index in [2.05, 4.69) is 26.1 Å². The molecule has 4 aromatic rings. The highest BCUT2D eigenvalue weighted by Gasteiger charge is 2.14. The van der Waals surface area contributed by atoms with Crippen molar-refractivity contribution in [2.24, 2.45) is 0 Å². The van der Waals surface area contributed by atoms with Gasteiger partial charge in [0.1, 0.15) is 0 Å². The third-order valence-electron chi connectivity index (χ3n) is 5.09. The summed E-state index contributed by atoms with van der Waals surface area (Å²) in [6.07, 6.45) is 2.30. The van der Waals surface area contributed by atoms with E-state index >= 15 is 0 Å². The van der Waals surface area contributed by atoms with Gasteiger partial charge in [0.25, 0.3) is 5.56 Å². The minimum Gasteiger partial charge on any atom is -0.357 e. The Morgan fingerprint density at radius 2 is 1.74 bits per heavy atom. The van der Waals surface area contributed by atoms with Gasteiger partial charge in [-0.2, -0.15) is 0 Å². The lowest BCUT2D eigenvalue weighted by atomic mass is 10.2. The Hall–Kier alpha value is -3.76. The SMILES string of the molecule is O=C(CSc1nc2ccccc2c(=O)n1CCc1ccccn1)NNC(=S)NCc1ccccc1. The van der Waals surface area contributed by atoms with Gasteiger partial charge < -0.3 is 5.32 Å². The fourth-order valence-electron chi connectivity index (χ4n) is 3.34. The van der Waals surface area contributed by atoms with Gasteiger partial charge in [0, 0.05) is 31.4 Å². The first-order chi connectivity index (χ1) is 17.1. The summed E-state index contributed by atoms with van der Waals surface area (Å²) in [5.41, 5.74) is 7.69. The highest BCUT2D eigenvalue weighted by atomic mass is 32.2. The molecule has 0 spiro atoms. The number of thiocarbonyl (C=S) groups is 1. The molecule has 0 aliphatic rings. The van der Waals surface area contributed by atoms with Crippen LogP contribution in [-0.4, -0.2) is 31.3 Å². The van der Waals surface area contributed by atoms with E-state index in [4.69, 9.17) is 12.2 Å². The van der Waals surface area contributed by atoms with Crippen LogP contribution in [0.25, 0.3) is 10.9 Å². The standard InChI is InChI=1S/C25H24N6O2S2/c32-22(29-30-24(34)27-16-18-8-2-1-3-9-18)17-35-25-28-21-12-5-4-11-20(21)23(33)31(25)15-13-19-10-6-7-14-26-19/h1-12,14H,13,15-17H2,(H,29,32)(H2,27,30,34). The van der Waals surface area contributed by atoms with Crippen LogP contribution in [0.4, 0.5) is 0 Å². The third kappa shape index (κ3) is 6.87. The lowest BCUT2D eigenvalue weighted by Crippen LogP contribution is -2.47. The number of rotatable bonds is 8. The molecular formula is C25H24N6O2S2. The van der Waals surface area contributed by atoms with E-state index in [0.717, 1.165) is 11.3 Å². The molecule has 0 aliphatic heterocycles. The second-order valence-electron chi connectivity index (χ2n) is 7.57. The van der Waals surface area contributed by atoms with Gasteiger partial charge in [0.15, 0.2) is 10.3 Å². The van der Waals surface area contributed by atoms with Gasteiger partial charge >= 0.3 is 0 Å². The summed E-state index contributed by atoms with van der Waals surface area (Å²) in [6, 6.07) is 22.7. The molecule has 1 amide bonds. The van der Waals surface area contributed by atoms with Crippen LogP contribution in [0, 0.1) is 0 Å². The van der Waals surface area contributed by atoms with E-state index in [9.17, 15) is 9.59 Å². The molecule has 0 aliphatic carbocycles. The van der Waals surface area contributed by atoms with Crippen LogP contribution < -0.4 is 21.7 Å². The van der Waals surface area contributed by atoms with Gasteiger partial charge in [-0.3, -0.25) is 30.0 Å². The number of pyridine rings is 1. The minimum absolute atomic E-state index is 0.0582. The molecular weight excluding hydrogens is 480 g/mol. The molecule has 3 N–H and O–H groups in total. The smallest absolute Gasteiger partial charge is 0.262 e. The first-order valence-corrected chi connectivity index (χ1v) is 12.4. The number of nitrogens with zero attached hydrogens (tertiary/aromatic N) is 3. The number of fused-ring (bicyclic) bond motifs is 1. The van der Waals surface area contributed by atoms with Gasteiger partial charge in [-0.15, -0.1) is 0 Å². The van der Waals surface area contributed by atoms with Gasteiger partial charge in [0.05, 0.1) is 16.7 Å². The highest BCUT2D eigenvalue weighted by molar-refractivity contribution is 7.99. The molecule has 10 heteroatoms. The van der Waals surface area contributed by atoms with E-state index in [0.29, 0.717) is 40.7 Å². The number of hydrogen-bond acceptors (Lipinski definition) is 6. The lowest BCUT2D eigenvalue weighted by molar-refractivity contribution is -0.119. The molecule has 2 aromatic heterocycles. The lowest BCUT2D eigenvalue weighted by Gasteiger charge is -2.14. The molecule has 0 unspecified atom stereocenters. The van der Waals surface area contributed by atoms with Crippen molar-refractivity contribution in [3.63, 3.8) is 0 Å². The third-order valence-corrected chi connectivity index (χ3v) is 6.31. The van der Waals surface area contributed by atoms with Crippen molar-refractivity contribution in [3.8, 4) is 0 Å². The number of aryl methyl sites for hydroxylation is 1. The van der Waals surface area contributed by atoms with Gasteiger partial charge in [0.2, 0.25) is 5.91 Å². The predicted octanol–water partition coefficient (Wildman–Crippen LogP) is 2.82. The molecule has 35 heavy (non-hydrogen) atoms. The Morgan fingerprint density at radius 3 is 2.54 bits per heavy atom. The average Bonchev–Trinajstić information content (AvgIpc) is 2.90. The number of thioether (sulfide) groups is 1. The Morgan fingerprint density at radius 1 is 0.971 bits per heavy atom. The molecule has 0 radical (unpaired) electrons. The van der Waals surface area contributed by atoms with E-state index in [1.165, 1.54) is 11.8 Å². The summed E-state index contributed by atoms with van der Waals surface area (Å²) in [5.74, 6) is -0.236. The highest BCUT2D eigenvalue weighted by Crippen LogP contribution is 2.18. The van der Waals surface area contributed by atoms with Crippen LogP contribution in [0.2, 0.25) is 0 Å².